The summed E-state index contributed by atoms with van der Waals surface area (Å²) >= 11 is 1.85. The van der Waals surface area contributed by atoms with Crippen molar-refractivity contribution < 1.29 is 0 Å². The summed E-state index contributed by atoms with van der Waals surface area (Å²) in [6.45, 7) is 7.55. The van der Waals surface area contributed by atoms with Gasteiger partial charge in [-0.1, -0.05) is 111 Å². The number of hydrogen-bond donors (Lipinski definition) is 0. The molecule has 258 valence electrons. The van der Waals surface area contributed by atoms with Crippen molar-refractivity contribution in [3.8, 4) is 5.82 Å². The summed E-state index contributed by atoms with van der Waals surface area (Å²) < 4.78 is 2.35. The number of fused-ring (bicyclic) bond motifs is 6. The van der Waals surface area contributed by atoms with Crippen molar-refractivity contribution in [3.63, 3.8) is 0 Å². The summed E-state index contributed by atoms with van der Waals surface area (Å²) in [5, 5.41) is 2.41. The standard InChI is InChI=1S/C47H39N5S/c1-46(2,3)31-23-25-49-45(28-31)52-38-16-8-5-13-34(38)35-22-21-32(27-41(35)52)47(36-14-6-11-19-42(36)53-43-20-12-7-15-37(43)47)44-29-33(24-26-48-44)51-30-50(4)39-17-9-10-18-40(39)51/h5-29H,30H2,1-4H3. The summed E-state index contributed by atoms with van der Waals surface area (Å²) in [5.41, 5.74) is 11.0. The largest absolute Gasteiger partial charge is 0.355 e. The third kappa shape index (κ3) is 4.78. The first-order valence-corrected chi connectivity index (χ1v) is 19.1. The van der Waals surface area contributed by atoms with Crippen LogP contribution in [0.25, 0.3) is 27.6 Å². The number of para-hydroxylation sites is 3. The van der Waals surface area contributed by atoms with Gasteiger partial charge in [0, 0.05) is 45.7 Å². The van der Waals surface area contributed by atoms with E-state index in [1.165, 1.54) is 54.2 Å². The van der Waals surface area contributed by atoms with E-state index in [1.807, 2.05) is 24.2 Å². The van der Waals surface area contributed by atoms with Gasteiger partial charge in [-0.25, -0.2) is 4.98 Å². The molecule has 10 rings (SSSR count). The van der Waals surface area contributed by atoms with Gasteiger partial charge in [-0.05, 0) is 88.3 Å². The number of nitrogens with zero attached hydrogens (tertiary/aromatic N) is 5. The second-order valence-corrected chi connectivity index (χ2v) is 16.3. The van der Waals surface area contributed by atoms with Gasteiger partial charge in [-0.2, -0.15) is 0 Å². The van der Waals surface area contributed by atoms with Crippen molar-refractivity contribution >= 4 is 50.6 Å². The Hall–Kier alpha value is -5.85. The van der Waals surface area contributed by atoms with Crippen molar-refractivity contribution in [1.29, 1.82) is 0 Å². The topological polar surface area (TPSA) is 37.2 Å². The molecule has 0 aliphatic carbocycles. The van der Waals surface area contributed by atoms with Gasteiger partial charge in [0.2, 0.25) is 0 Å². The lowest BCUT2D eigenvalue weighted by Crippen LogP contribution is -2.35. The first-order chi connectivity index (χ1) is 25.8. The van der Waals surface area contributed by atoms with E-state index in [0.717, 1.165) is 34.9 Å². The molecule has 0 bridgehead atoms. The normalized spacial score (nSPS) is 14.7. The van der Waals surface area contributed by atoms with Gasteiger partial charge in [0.05, 0.1) is 40.2 Å². The lowest BCUT2D eigenvalue weighted by atomic mass is 9.66. The maximum atomic E-state index is 5.33. The van der Waals surface area contributed by atoms with Crippen molar-refractivity contribution in [3.05, 3.63) is 180 Å². The van der Waals surface area contributed by atoms with Crippen molar-refractivity contribution in [2.45, 2.75) is 41.4 Å². The number of aromatic nitrogens is 3. The maximum absolute atomic E-state index is 5.33. The molecule has 0 atom stereocenters. The van der Waals surface area contributed by atoms with Crippen LogP contribution in [0.3, 0.4) is 0 Å². The molecule has 0 saturated carbocycles. The molecule has 0 spiro atoms. The molecule has 0 fully saturated rings. The van der Waals surface area contributed by atoms with Gasteiger partial charge < -0.3 is 9.80 Å². The molecule has 0 unspecified atom stereocenters. The van der Waals surface area contributed by atoms with E-state index in [4.69, 9.17) is 9.97 Å². The van der Waals surface area contributed by atoms with Crippen molar-refractivity contribution in [2.75, 3.05) is 23.5 Å². The Bertz CT molecular complexity index is 2680. The molecule has 2 aliphatic heterocycles. The lowest BCUT2D eigenvalue weighted by Gasteiger charge is -2.41. The number of anilines is 3. The molecule has 0 radical (unpaired) electrons. The Morgan fingerprint density at radius 1 is 0.623 bits per heavy atom. The molecular formula is C47H39N5S. The molecule has 0 N–H and O–H groups in total. The zero-order valence-electron chi connectivity index (χ0n) is 30.3. The average molecular weight is 706 g/mol. The number of pyridine rings is 2. The second-order valence-electron chi connectivity index (χ2n) is 15.2. The molecule has 2 aliphatic rings. The second kappa shape index (κ2) is 11.8. The smallest absolute Gasteiger partial charge is 0.137 e. The van der Waals surface area contributed by atoms with Crippen LogP contribution >= 0.6 is 11.8 Å². The summed E-state index contributed by atoms with van der Waals surface area (Å²) in [6, 6.07) is 51.1. The van der Waals surface area contributed by atoms with E-state index in [2.05, 4.69) is 182 Å². The highest BCUT2D eigenvalue weighted by Crippen LogP contribution is 2.56. The molecule has 3 aromatic heterocycles. The monoisotopic (exact) mass is 705 g/mol. The van der Waals surface area contributed by atoms with Crippen LogP contribution < -0.4 is 9.80 Å². The highest BCUT2D eigenvalue weighted by molar-refractivity contribution is 7.99. The Morgan fingerprint density at radius 2 is 1.28 bits per heavy atom. The predicted molar refractivity (Wildman–Crippen MR) is 219 cm³/mol. The average Bonchev–Trinajstić information content (AvgIpc) is 3.71. The summed E-state index contributed by atoms with van der Waals surface area (Å²) in [5.74, 6) is 0.923. The Labute approximate surface area is 314 Å². The Kier molecular flexibility index (Phi) is 7.11. The molecule has 8 aromatic rings. The van der Waals surface area contributed by atoms with Gasteiger partial charge >= 0.3 is 0 Å². The van der Waals surface area contributed by atoms with E-state index >= 15 is 0 Å². The van der Waals surface area contributed by atoms with E-state index in [0.29, 0.717) is 0 Å². The van der Waals surface area contributed by atoms with Crippen molar-refractivity contribution in [1.82, 2.24) is 14.5 Å². The van der Waals surface area contributed by atoms with Crippen LogP contribution in [-0.2, 0) is 10.8 Å². The van der Waals surface area contributed by atoms with Crippen LogP contribution in [0, 0.1) is 0 Å². The molecule has 6 heteroatoms. The van der Waals surface area contributed by atoms with Crippen LogP contribution in [0.4, 0.5) is 17.1 Å². The van der Waals surface area contributed by atoms with Crippen LogP contribution in [-0.4, -0.2) is 28.3 Å². The van der Waals surface area contributed by atoms with Crippen LogP contribution in [0.15, 0.2) is 162 Å². The van der Waals surface area contributed by atoms with Gasteiger partial charge in [0.15, 0.2) is 0 Å². The first kappa shape index (κ1) is 31.9. The van der Waals surface area contributed by atoms with Gasteiger partial charge in [0.25, 0.3) is 0 Å². The van der Waals surface area contributed by atoms with Crippen LogP contribution in [0.1, 0.15) is 48.7 Å². The number of rotatable bonds is 4. The third-order valence-electron chi connectivity index (χ3n) is 11.1. The van der Waals surface area contributed by atoms with Crippen LogP contribution in [0.2, 0.25) is 0 Å². The zero-order chi connectivity index (χ0) is 35.9. The maximum Gasteiger partial charge on any atom is 0.137 e. The SMILES string of the molecule is CN1CN(c2ccnc(C3(c4ccc5c6ccccc6n(-c6cc(C(C)(C)C)ccn6)c5c4)c4ccccc4Sc4ccccc43)c2)c2ccccc21. The molecule has 0 saturated heterocycles. The number of hydrogen-bond acceptors (Lipinski definition) is 5. The summed E-state index contributed by atoms with van der Waals surface area (Å²) in [7, 11) is 2.16. The molecule has 53 heavy (non-hydrogen) atoms. The minimum Gasteiger partial charge on any atom is -0.355 e. The van der Waals surface area contributed by atoms with E-state index in [1.54, 1.807) is 0 Å². The highest BCUT2D eigenvalue weighted by Gasteiger charge is 2.46. The van der Waals surface area contributed by atoms with Crippen LogP contribution in [0.5, 0.6) is 0 Å². The molecule has 0 amide bonds. The quantitative estimate of drug-likeness (QED) is 0.182. The summed E-state index contributed by atoms with van der Waals surface area (Å²) in [4.78, 5) is 17.5. The third-order valence-corrected chi connectivity index (χ3v) is 12.3. The molecule has 5 aromatic carbocycles. The van der Waals surface area contributed by atoms with Gasteiger partial charge in [0.1, 0.15) is 5.82 Å². The van der Waals surface area contributed by atoms with E-state index < -0.39 is 5.41 Å². The minimum absolute atomic E-state index is 0.0137. The van der Waals surface area contributed by atoms with Gasteiger partial charge in [-0.3, -0.25) is 9.55 Å². The zero-order valence-corrected chi connectivity index (χ0v) is 31.1. The fraction of sp³-hybridized carbons (Fsp3) is 0.149. The number of benzene rings is 5. The molecule has 5 nitrogen and oxygen atoms in total. The first-order valence-electron chi connectivity index (χ1n) is 18.2. The van der Waals surface area contributed by atoms with Crippen molar-refractivity contribution in [2.24, 2.45) is 0 Å². The van der Waals surface area contributed by atoms with E-state index in [9.17, 15) is 0 Å². The minimum atomic E-state index is -0.699. The summed E-state index contributed by atoms with van der Waals surface area (Å²) in [6.07, 6.45) is 3.95. The highest BCUT2D eigenvalue weighted by atomic mass is 32.2. The molecule has 5 heterocycles. The fourth-order valence-corrected chi connectivity index (χ4v) is 9.77. The Balaban J connectivity index is 1.28. The fourth-order valence-electron chi connectivity index (χ4n) is 8.58. The molecular weight excluding hydrogens is 667 g/mol. The van der Waals surface area contributed by atoms with E-state index in [-0.39, 0.29) is 5.41 Å². The van der Waals surface area contributed by atoms with Gasteiger partial charge in [-0.15, -0.1) is 0 Å². The predicted octanol–water partition coefficient (Wildman–Crippen LogP) is 11.3. The Morgan fingerprint density at radius 3 is 2.06 bits per heavy atom. The lowest BCUT2D eigenvalue weighted by molar-refractivity contribution is 0.588.